The number of ether oxygens (including phenoxy) is 2. The van der Waals surface area contributed by atoms with Crippen molar-refractivity contribution in [2.24, 2.45) is 5.73 Å². The van der Waals surface area contributed by atoms with E-state index in [1.54, 1.807) is 6.33 Å². The quantitative estimate of drug-likeness (QED) is 0.823. The van der Waals surface area contributed by atoms with Gasteiger partial charge in [-0.05, 0) is 19.4 Å². The SMILES string of the molecule is NCCCc1c(N2CCOCC2)ncnc1N1CCOCC1. The molecule has 0 radical (unpaired) electrons. The molecule has 0 aliphatic carbocycles. The number of aromatic nitrogens is 2. The minimum Gasteiger partial charge on any atom is -0.378 e. The molecule has 22 heavy (non-hydrogen) atoms. The maximum Gasteiger partial charge on any atom is 0.137 e. The summed E-state index contributed by atoms with van der Waals surface area (Å²) in [5.74, 6) is 2.10. The predicted octanol–water partition coefficient (Wildman–Crippen LogP) is 0.0411. The van der Waals surface area contributed by atoms with Crippen molar-refractivity contribution in [1.82, 2.24) is 9.97 Å². The van der Waals surface area contributed by atoms with Crippen LogP contribution in [0.15, 0.2) is 6.33 Å². The second-order valence-electron chi connectivity index (χ2n) is 5.59. The maximum absolute atomic E-state index is 5.73. The molecular formula is C15H25N5O2. The zero-order chi connectivity index (χ0) is 15.2. The van der Waals surface area contributed by atoms with Crippen molar-refractivity contribution in [3.8, 4) is 0 Å². The number of rotatable bonds is 5. The van der Waals surface area contributed by atoms with Gasteiger partial charge in [0, 0.05) is 31.7 Å². The second-order valence-corrected chi connectivity index (χ2v) is 5.59. The molecule has 0 aromatic carbocycles. The van der Waals surface area contributed by atoms with Crippen LogP contribution in [0, 0.1) is 0 Å². The second kappa shape index (κ2) is 7.71. The largest absolute Gasteiger partial charge is 0.378 e. The summed E-state index contributed by atoms with van der Waals surface area (Å²) in [6.45, 7) is 7.25. The third-order valence-corrected chi connectivity index (χ3v) is 4.15. The normalized spacial score (nSPS) is 19.5. The van der Waals surface area contributed by atoms with Crippen LogP contribution in [0.4, 0.5) is 11.6 Å². The fourth-order valence-corrected chi connectivity index (χ4v) is 2.99. The molecule has 0 saturated carbocycles. The molecule has 0 bridgehead atoms. The van der Waals surface area contributed by atoms with Crippen LogP contribution >= 0.6 is 0 Å². The number of nitrogens with zero attached hydrogens (tertiary/aromatic N) is 4. The van der Waals surface area contributed by atoms with Crippen molar-refractivity contribution in [2.75, 3.05) is 69.0 Å². The first-order valence-electron chi connectivity index (χ1n) is 8.09. The Balaban J connectivity index is 1.89. The molecule has 0 unspecified atom stereocenters. The van der Waals surface area contributed by atoms with Gasteiger partial charge in [-0.15, -0.1) is 0 Å². The molecule has 2 N–H and O–H groups in total. The van der Waals surface area contributed by atoms with Gasteiger partial charge in [0.2, 0.25) is 0 Å². The highest BCUT2D eigenvalue weighted by molar-refractivity contribution is 5.60. The van der Waals surface area contributed by atoms with Crippen LogP contribution < -0.4 is 15.5 Å². The third kappa shape index (κ3) is 3.48. The van der Waals surface area contributed by atoms with E-state index in [0.717, 1.165) is 77.1 Å². The minimum atomic E-state index is 0.681. The number of morpholine rings is 2. The molecule has 2 saturated heterocycles. The van der Waals surface area contributed by atoms with Crippen molar-refractivity contribution in [3.05, 3.63) is 11.9 Å². The summed E-state index contributed by atoms with van der Waals surface area (Å²) in [7, 11) is 0. The summed E-state index contributed by atoms with van der Waals surface area (Å²) in [4.78, 5) is 13.8. The van der Waals surface area contributed by atoms with Crippen LogP contribution in [-0.4, -0.2) is 69.1 Å². The van der Waals surface area contributed by atoms with Crippen molar-refractivity contribution >= 4 is 11.6 Å². The summed E-state index contributed by atoms with van der Waals surface area (Å²) in [5.41, 5.74) is 6.94. The van der Waals surface area contributed by atoms with E-state index < -0.39 is 0 Å². The van der Waals surface area contributed by atoms with Crippen molar-refractivity contribution < 1.29 is 9.47 Å². The van der Waals surface area contributed by atoms with Gasteiger partial charge in [0.1, 0.15) is 18.0 Å². The van der Waals surface area contributed by atoms with Gasteiger partial charge in [-0.25, -0.2) is 9.97 Å². The van der Waals surface area contributed by atoms with Crippen LogP contribution in [0.2, 0.25) is 0 Å². The molecule has 7 heteroatoms. The van der Waals surface area contributed by atoms with Crippen LogP contribution in [0.5, 0.6) is 0 Å². The fourth-order valence-electron chi connectivity index (χ4n) is 2.99. The molecule has 2 aliphatic heterocycles. The van der Waals surface area contributed by atoms with E-state index in [-0.39, 0.29) is 0 Å². The zero-order valence-electron chi connectivity index (χ0n) is 13.0. The third-order valence-electron chi connectivity index (χ3n) is 4.15. The summed E-state index contributed by atoms with van der Waals surface area (Å²) in [5, 5.41) is 0. The van der Waals surface area contributed by atoms with E-state index in [2.05, 4.69) is 19.8 Å². The lowest BCUT2D eigenvalue weighted by molar-refractivity contribution is 0.121. The molecule has 3 rings (SSSR count). The lowest BCUT2D eigenvalue weighted by atomic mass is 10.1. The van der Waals surface area contributed by atoms with Gasteiger partial charge in [0.25, 0.3) is 0 Å². The van der Waals surface area contributed by atoms with E-state index in [1.807, 2.05) is 0 Å². The molecule has 1 aromatic heterocycles. The monoisotopic (exact) mass is 307 g/mol. The van der Waals surface area contributed by atoms with Gasteiger partial charge >= 0.3 is 0 Å². The molecule has 0 spiro atoms. The highest BCUT2D eigenvalue weighted by Crippen LogP contribution is 2.28. The standard InChI is InChI=1S/C15H25N5O2/c16-3-1-2-13-14(19-4-8-21-9-5-19)17-12-18-15(13)20-6-10-22-11-7-20/h12H,1-11,16H2. The van der Waals surface area contributed by atoms with Gasteiger partial charge in [0.05, 0.1) is 26.4 Å². The Morgan fingerprint density at radius 2 is 1.41 bits per heavy atom. The first-order valence-corrected chi connectivity index (χ1v) is 8.09. The molecule has 2 aliphatic rings. The highest BCUT2D eigenvalue weighted by Gasteiger charge is 2.23. The maximum atomic E-state index is 5.73. The Kier molecular flexibility index (Phi) is 5.42. The molecule has 0 atom stereocenters. The van der Waals surface area contributed by atoms with E-state index in [0.29, 0.717) is 6.54 Å². The molecule has 2 fully saturated rings. The Morgan fingerprint density at radius 3 is 1.86 bits per heavy atom. The summed E-state index contributed by atoms with van der Waals surface area (Å²) >= 11 is 0. The minimum absolute atomic E-state index is 0.681. The topological polar surface area (TPSA) is 76.7 Å². The van der Waals surface area contributed by atoms with Crippen molar-refractivity contribution in [2.45, 2.75) is 12.8 Å². The van der Waals surface area contributed by atoms with Gasteiger partial charge in [0.15, 0.2) is 0 Å². The number of anilines is 2. The Hall–Kier alpha value is -1.44. The van der Waals surface area contributed by atoms with Crippen LogP contribution in [0.3, 0.4) is 0 Å². The lowest BCUT2D eigenvalue weighted by Crippen LogP contribution is -2.40. The van der Waals surface area contributed by atoms with Gasteiger partial charge in [-0.1, -0.05) is 0 Å². The van der Waals surface area contributed by atoms with Crippen LogP contribution in [0.25, 0.3) is 0 Å². The predicted molar refractivity (Wildman–Crippen MR) is 85.5 cm³/mol. The number of nitrogens with two attached hydrogens (primary N) is 1. The fraction of sp³-hybridized carbons (Fsp3) is 0.733. The summed E-state index contributed by atoms with van der Waals surface area (Å²) in [6, 6.07) is 0. The van der Waals surface area contributed by atoms with Crippen molar-refractivity contribution in [1.29, 1.82) is 0 Å². The summed E-state index contributed by atoms with van der Waals surface area (Å²) < 4.78 is 10.9. The lowest BCUT2D eigenvalue weighted by Gasteiger charge is -2.33. The Bertz CT molecular complexity index is 437. The molecule has 1 aromatic rings. The zero-order valence-corrected chi connectivity index (χ0v) is 13.0. The Morgan fingerprint density at radius 1 is 0.909 bits per heavy atom. The highest BCUT2D eigenvalue weighted by atomic mass is 16.5. The number of hydrogen-bond donors (Lipinski definition) is 1. The van der Waals surface area contributed by atoms with E-state index in [1.165, 1.54) is 5.56 Å². The molecule has 122 valence electrons. The van der Waals surface area contributed by atoms with Crippen molar-refractivity contribution in [3.63, 3.8) is 0 Å². The smallest absolute Gasteiger partial charge is 0.137 e. The van der Waals surface area contributed by atoms with E-state index in [4.69, 9.17) is 15.2 Å². The van der Waals surface area contributed by atoms with Crippen LogP contribution in [-0.2, 0) is 15.9 Å². The van der Waals surface area contributed by atoms with Gasteiger partial charge in [-0.3, -0.25) is 0 Å². The molecule has 3 heterocycles. The first kappa shape index (κ1) is 15.5. The van der Waals surface area contributed by atoms with Gasteiger partial charge in [-0.2, -0.15) is 0 Å². The molecule has 7 nitrogen and oxygen atoms in total. The van der Waals surface area contributed by atoms with E-state index >= 15 is 0 Å². The summed E-state index contributed by atoms with van der Waals surface area (Å²) in [6.07, 6.45) is 3.54. The molecule has 0 amide bonds. The van der Waals surface area contributed by atoms with Gasteiger partial charge < -0.3 is 25.0 Å². The number of hydrogen-bond acceptors (Lipinski definition) is 7. The average molecular weight is 307 g/mol. The average Bonchev–Trinajstić information content (AvgIpc) is 2.61. The Labute approximate surface area is 131 Å². The molecular weight excluding hydrogens is 282 g/mol. The van der Waals surface area contributed by atoms with Crippen LogP contribution in [0.1, 0.15) is 12.0 Å². The van der Waals surface area contributed by atoms with E-state index in [9.17, 15) is 0 Å². The first-order chi connectivity index (χ1) is 10.9.